The number of carbonyl (C=O) groups is 1. The van der Waals surface area contributed by atoms with Crippen LogP contribution in [0.4, 0.5) is 4.79 Å². The van der Waals surface area contributed by atoms with Crippen molar-refractivity contribution in [3.05, 3.63) is 0 Å². The summed E-state index contributed by atoms with van der Waals surface area (Å²) in [4.78, 5) is 52.4. The van der Waals surface area contributed by atoms with Gasteiger partial charge in [-0.1, -0.05) is 0 Å². The van der Waals surface area contributed by atoms with Crippen molar-refractivity contribution in [1.29, 1.82) is 0 Å². The fourth-order valence-electron chi connectivity index (χ4n) is 2.52. The van der Waals surface area contributed by atoms with Gasteiger partial charge in [0.15, 0.2) is 6.23 Å². The smallest absolute Gasteiger partial charge is 0.756 e. The van der Waals surface area contributed by atoms with E-state index in [-0.39, 0.29) is 72.1 Å². The second-order valence-electron chi connectivity index (χ2n) is 5.93. The van der Waals surface area contributed by atoms with E-state index in [1.807, 2.05) is 0 Å². The van der Waals surface area contributed by atoms with Crippen LogP contribution in [0.15, 0.2) is 0 Å². The SMILES string of the molecule is NC1CCN([C@@H]2O[C@H](COP(=O)([O-])OP(=O)([O-])OP(=O)(O)O)[C@@H](O)[C@H]2O)C(=O)N1.[Na+].[Na+]. The number of urea groups is 1. The van der Waals surface area contributed by atoms with Crippen molar-refractivity contribution in [2.45, 2.75) is 37.1 Å². The molecular weight excluding hydrogens is 513 g/mol. The van der Waals surface area contributed by atoms with Crippen molar-refractivity contribution in [2.75, 3.05) is 13.2 Å². The molecule has 0 radical (unpaired) electrons. The second-order valence-corrected chi connectivity index (χ2v) is 10.3. The van der Waals surface area contributed by atoms with E-state index >= 15 is 0 Å². The normalized spacial score (nSPS) is 32.8. The Kier molecular flexibility index (Phi) is 13.1. The fraction of sp³-hybridized carbons (Fsp3) is 0.889. The average molecular weight is 531 g/mol. The zero-order valence-corrected chi connectivity index (χ0v) is 22.9. The van der Waals surface area contributed by atoms with Crippen molar-refractivity contribution in [2.24, 2.45) is 5.73 Å². The summed E-state index contributed by atoms with van der Waals surface area (Å²) in [5.74, 6) is 0. The van der Waals surface area contributed by atoms with Gasteiger partial charge in [0.05, 0.1) is 12.8 Å². The number of hydrogen-bond donors (Lipinski definition) is 6. The molecule has 0 saturated carbocycles. The van der Waals surface area contributed by atoms with Crippen LogP contribution in [0, 0.1) is 0 Å². The summed E-state index contributed by atoms with van der Waals surface area (Å²) < 4.78 is 49.3. The van der Waals surface area contributed by atoms with Gasteiger partial charge in [-0.05, 0) is 6.42 Å². The number of aliphatic hydroxyl groups excluding tert-OH is 2. The van der Waals surface area contributed by atoms with E-state index in [1.165, 1.54) is 0 Å². The molecule has 3 unspecified atom stereocenters. The number of nitrogens with one attached hydrogen (secondary N) is 1. The van der Waals surface area contributed by atoms with Crippen LogP contribution in [0.2, 0.25) is 0 Å². The Morgan fingerprint density at radius 3 is 2.23 bits per heavy atom. The number of nitrogens with zero attached hydrogens (tertiary/aromatic N) is 1. The van der Waals surface area contributed by atoms with Crippen LogP contribution in [-0.4, -0.2) is 74.8 Å². The molecule has 22 heteroatoms. The third-order valence-electron chi connectivity index (χ3n) is 3.70. The summed E-state index contributed by atoms with van der Waals surface area (Å²) in [6, 6.07) is -0.707. The van der Waals surface area contributed by atoms with E-state index < -0.39 is 66.8 Å². The van der Waals surface area contributed by atoms with Gasteiger partial charge in [-0.15, -0.1) is 0 Å². The summed E-state index contributed by atoms with van der Waals surface area (Å²) >= 11 is 0. The zero-order chi connectivity index (χ0) is 22.2. The van der Waals surface area contributed by atoms with E-state index in [1.54, 1.807) is 0 Å². The van der Waals surface area contributed by atoms with Crippen molar-refractivity contribution < 1.29 is 125 Å². The summed E-state index contributed by atoms with van der Waals surface area (Å²) in [5.41, 5.74) is 5.54. The molecule has 2 heterocycles. The first-order chi connectivity index (χ1) is 13.1. The Labute approximate surface area is 219 Å². The molecule has 0 spiro atoms. The quantitative estimate of drug-likeness (QED) is 0.125. The van der Waals surface area contributed by atoms with Crippen LogP contribution < -0.4 is 80.0 Å². The number of carbonyl (C=O) groups excluding carboxylic acids is 1. The number of nitrogens with two attached hydrogens (primary N) is 1. The predicted octanol–water partition coefficient (Wildman–Crippen LogP) is -9.78. The maximum atomic E-state index is 11.9. The largest absolute Gasteiger partial charge is 1.00 e. The Morgan fingerprint density at radius 2 is 1.71 bits per heavy atom. The first-order valence-corrected chi connectivity index (χ1v) is 12.1. The Morgan fingerprint density at radius 1 is 1.13 bits per heavy atom. The Bertz CT molecular complexity index is 771. The van der Waals surface area contributed by atoms with E-state index in [4.69, 9.17) is 20.3 Å². The van der Waals surface area contributed by atoms with Gasteiger partial charge in [0.2, 0.25) is 0 Å². The summed E-state index contributed by atoms with van der Waals surface area (Å²) in [7, 11) is -17.4. The van der Waals surface area contributed by atoms with Gasteiger partial charge in [0, 0.05) is 6.54 Å². The van der Waals surface area contributed by atoms with Crippen molar-refractivity contribution in [3.8, 4) is 0 Å². The molecule has 7 N–H and O–H groups in total. The van der Waals surface area contributed by atoms with Crippen LogP contribution in [0.25, 0.3) is 0 Å². The van der Waals surface area contributed by atoms with Gasteiger partial charge >= 0.3 is 73.0 Å². The number of ether oxygens (including phenoxy) is 1. The monoisotopic (exact) mass is 531 g/mol. The molecule has 170 valence electrons. The standard InChI is InChI=1S/C9H20N3O14P3.2Na/c10-5-1-2-12(9(15)11-5)8-7(14)6(13)4(24-8)3-23-28(19,20)26-29(21,22)25-27(16,17)18;;/h4-8,13-14H,1-3,10H2,(H,11,15)(H,19,20)(H,21,22)(H2,16,17,18);;/q;2*+1/p-2/t4-,5?,6-,7-,8-;;/m1../s1. The minimum absolute atomic E-state index is 0. The molecule has 0 aromatic heterocycles. The molecule has 0 bridgehead atoms. The van der Waals surface area contributed by atoms with Gasteiger partial charge in [-0.3, -0.25) is 14.0 Å². The molecule has 17 nitrogen and oxygen atoms in total. The Hall–Kier alpha value is 1.52. The number of hydrogen-bond acceptors (Lipinski definition) is 13. The summed E-state index contributed by atoms with van der Waals surface area (Å²) in [6.07, 6.45) is -6.67. The Balaban J connectivity index is 0.00000450. The molecule has 0 aliphatic carbocycles. The van der Waals surface area contributed by atoms with E-state index in [0.29, 0.717) is 0 Å². The van der Waals surface area contributed by atoms with E-state index in [0.717, 1.165) is 4.90 Å². The van der Waals surface area contributed by atoms with E-state index in [2.05, 4.69) is 18.5 Å². The van der Waals surface area contributed by atoms with Crippen LogP contribution >= 0.6 is 23.5 Å². The molecule has 0 aromatic carbocycles. The molecule has 2 saturated heterocycles. The molecule has 2 aliphatic heterocycles. The zero-order valence-electron chi connectivity index (χ0n) is 16.2. The van der Waals surface area contributed by atoms with Crippen LogP contribution in [0.5, 0.6) is 0 Å². The molecule has 2 fully saturated rings. The van der Waals surface area contributed by atoms with Crippen LogP contribution in [0.3, 0.4) is 0 Å². The maximum Gasteiger partial charge on any atom is 1.00 e. The maximum absolute atomic E-state index is 11.9. The third kappa shape index (κ3) is 9.96. The number of phosphoric ester groups is 1. The van der Waals surface area contributed by atoms with E-state index in [9.17, 15) is 38.5 Å². The number of rotatable bonds is 8. The molecule has 31 heavy (non-hydrogen) atoms. The van der Waals surface area contributed by atoms with Crippen LogP contribution in [-0.2, 0) is 31.6 Å². The van der Waals surface area contributed by atoms with Gasteiger partial charge in [-0.25, -0.2) is 18.0 Å². The van der Waals surface area contributed by atoms with Gasteiger partial charge in [0.1, 0.15) is 18.3 Å². The van der Waals surface area contributed by atoms with Gasteiger partial charge < -0.3 is 50.1 Å². The molecular formula is C9H18N3Na2O14P3. The van der Waals surface area contributed by atoms with Gasteiger partial charge in [0.25, 0.3) is 15.6 Å². The molecule has 2 amide bonds. The van der Waals surface area contributed by atoms with Crippen molar-refractivity contribution in [3.63, 3.8) is 0 Å². The molecule has 2 aliphatic rings. The summed E-state index contributed by atoms with van der Waals surface area (Å²) in [5, 5.41) is 22.4. The number of phosphoric acid groups is 3. The van der Waals surface area contributed by atoms with Crippen LogP contribution in [0.1, 0.15) is 6.42 Å². The molecule has 2 rings (SSSR count). The minimum Gasteiger partial charge on any atom is -0.756 e. The number of amides is 2. The average Bonchev–Trinajstić information content (AvgIpc) is 2.78. The predicted molar refractivity (Wildman–Crippen MR) is 83.9 cm³/mol. The first-order valence-electron chi connectivity index (χ1n) is 7.69. The number of aliphatic hydroxyl groups is 2. The first kappa shape index (κ1) is 32.5. The third-order valence-corrected chi connectivity index (χ3v) is 7.41. The minimum atomic E-state index is -6.01. The second kappa shape index (κ2) is 12.5. The molecule has 7 atom stereocenters. The summed E-state index contributed by atoms with van der Waals surface area (Å²) in [6.45, 7) is -1.02. The van der Waals surface area contributed by atoms with Gasteiger partial charge in [-0.2, -0.15) is 0 Å². The van der Waals surface area contributed by atoms with Crippen molar-refractivity contribution in [1.82, 2.24) is 10.2 Å². The molecule has 0 aromatic rings. The topological polar surface area (TPSA) is 274 Å². The fourth-order valence-corrected chi connectivity index (χ4v) is 5.44. The van der Waals surface area contributed by atoms with Crippen molar-refractivity contribution >= 4 is 29.5 Å².